The summed E-state index contributed by atoms with van der Waals surface area (Å²) in [5.74, 6) is 1.09. The molecule has 0 amide bonds. The molecule has 1 aliphatic rings. The zero-order chi connectivity index (χ0) is 9.98. The van der Waals surface area contributed by atoms with Crippen LogP contribution in [0.1, 0.15) is 13.8 Å². The number of carboxylic acids is 2. The van der Waals surface area contributed by atoms with Gasteiger partial charge in [-0.05, 0) is 0 Å². The molecule has 12 heavy (non-hydrogen) atoms. The minimum absolute atomic E-state index is 0.833. The molecule has 4 nitrogen and oxygen atoms in total. The van der Waals surface area contributed by atoms with Gasteiger partial charge < -0.3 is 10.2 Å². The van der Waals surface area contributed by atoms with Crippen LogP contribution >= 0.6 is 21.6 Å². The van der Waals surface area contributed by atoms with E-state index in [1.807, 2.05) is 21.6 Å². The largest absolute Gasteiger partial charge is 0.481 e. The number of carbonyl (C=O) groups is 2. The molecule has 0 aromatic carbocycles. The predicted molar refractivity (Wildman–Crippen MR) is 51.5 cm³/mol. The van der Waals surface area contributed by atoms with Crippen LogP contribution in [0.25, 0.3) is 0 Å². The van der Waals surface area contributed by atoms with Gasteiger partial charge in [0.05, 0.1) is 0 Å². The molecular weight excluding hydrogens is 200 g/mol. The van der Waals surface area contributed by atoms with Crippen molar-refractivity contribution in [3.63, 3.8) is 0 Å². The fraction of sp³-hybridized carbons (Fsp3) is 0.667. The van der Waals surface area contributed by atoms with Gasteiger partial charge in [-0.2, -0.15) is 0 Å². The second-order valence-corrected chi connectivity index (χ2v) is 4.38. The molecular formula is C6H12O4S2. The Hall–Kier alpha value is -0.360. The summed E-state index contributed by atoms with van der Waals surface area (Å²) in [4.78, 5) is 18.0. The molecule has 0 saturated carbocycles. The number of carboxylic acid groups (broad SMARTS) is 2. The molecule has 0 aromatic heterocycles. The molecule has 0 radical (unpaired) electrons. The maximum absolute atomic E-state index is 9.00. The lowest BCUT2D eigenvalue weighted by Crippen LogP contribution is -1.86. The van der Waals surface area contributed by atoms with Crippen LogP contribution in [0.2, 0.25) is 0 Å². The second-order valence-electron chi connectivity index (χ2n) is 1.68. The fourth-order valence-corrected chi connectivity index (χ4v) is 0.750. The molecule has 1 heterocycles. The van der Waals surface area contributed by atoms with Gasteiger partial charge in [-0.15, -0.1) is 0 Å². The standard InChI is InChI=1S/2C2H4O2.C2H4S2/c2*1-2(3)4;1-2-4-3-1/h2*1H3,(H,3,4);1-2H2. The summed E-state index contributed by atoms with van der Waals surface area (Å²) in [6.45, 7) is 2.17. The Balaban J connectivity index is 0. The Morgan fingerprint density at radius 1 is 1.00 bits per heavy atom. The molecule has 2 N–H and O–H groups in total. The molecule has 72 valence electrons. The van der Waals surface area contributed by atoms with Crippen LogP contribution in [0.15, 0.2) is 0 Å². The Morgan fingerprint density at radius 3 is 1.08 bits per heavy atom. The van der Waals surface area contributed by atoms with Gasteiger partial charge in [0.15, 0.2) is 0 Å². The van der Waals surface area contributed by atoms with Gasteiger partial charge in [0.25, 0.3) is 11.9 Å². The van der Waals surface area contributed by atoms with Crippen molar-refractivity contribution in [2.75, 3.05) is 11.5 Å². The van der Waals surface area contributed by atoms with Crippen LogP contribution < -0.4 is 0 Å². The minimum atomic E-state index is -0.833. The minimum Gasteiger partial charge on any atom is -0.481 e. The average molecular weight is 212 g/mol. The smallest absolute Gasteiger partial charge is 0.300 e. The monoisotopic (exact) mass is 212 g/mol. The van der Waals surface area contributed by atoms with Crippen molar-refractivity contribution in [3.05, 3.63) is 0 Å². The topological polar surface area (TPSA) is 74.6 Å². The molecule has 0 spiro atoms. The lowest BCUT2D eigenvalue weighted by Gasteiger charge is -2.04. The SMILES string of the molecule is C1CSS1.CC(=O)O.CC(=O)O. The molecule has 1 aliphatic heterocycles. The van der Waals surface area contributed by atoms with E-state index in [1.54, 1.807) is 0 Å². The average Bonchev–Trinajstić information content (AvgIpc) is 1.50. The lowest BCUT2D eigenvalue weighted by atomic mass is 10.9. The molecule has 0 unspecified atom stereocenters. The van der Waals surface area contributed by atoms with Crippen molar-refractivity contribution in [2.45, 2.75) is 13.8 Å². The number of aliphatic carboxylic acids is 2. The van der Waals surface area contributed by atoms with Crippen LogP contribution in [0.4, 0.5) is 0 Å². The van der Waals surface area contributed by atoms with Gasteiger partial charge in [0.1, 0.15) is 0 Å². The molecule has 6 heteroatoms. The van der Waals surface area contributed by atoms with E-state index in [2.05, 4.69) is 0 Å². The highest BCUT2D eigenvalue weighted by Gasteiger charge is 1.96. The van der Waals surface area contributed by atoms with Gasteiger partial charge >= 0.3 is 0 Å². The molecule has 1 fully saturated rings. The third kappa shape index (κ3) is 54.3. The van der Waals surface area contributed by atoms with Crippen molar-refractivity contribution in [2.24, 2.45) is 0 Å². The van der Waals surface area contributed by atoms with Crippen LogP contribution in [-0.2, 0) is 9.59 Å². The highest BCUT2D eigenvalue weighted by atomic mass is 33.1. The van der Waals surface area contributed by atoms with Gasteiger partial charge in [0.2, 0.25) is 0 Å². The lowest BCUT2D eigenvalue weighted by molar-refractivity contribution is -0.135. The van der Waals surface area contributed by atoms with Crippen LogP contribution in [0, 0.1) is 0 Å². The Labute approximate surface area is 79.1 Å². The van der Waals surface area contributed by atoms with E-state index in [0.29, 0.717) is 0 Å². The highest BCUT2D eigenvalue weighted by Crippen LogP contribution is 2.31. The van der Waals surface area contributed by atoms with E-state index in [0.717, 1.165) is 13.8 Å². The number of hydrogen-bond acceptors (Lipinski definition) is 4. The van der Waals surface area contributed by atoms with Crippen LogP contribution in [0.5, 0.6) is 0 Å². The van der Waals surface area contributed by atoms with E-state index in [-0.39, 0.29) is 0 Å². The van der Waals surface area contributed by atoms with E-state index in [4.69, 9.17) is 19.8 Å². The van der Waals surface area contributed by atoms with Gasteiger partial charge in [-0.1, -0.05) is 21.6 Å². The quantitative estimate of drug-likeness (QED) is 0.594. The Bertz CT molecular complexity index is 110. The van der Waals surface area contributed by atoms with E-state index < -0.39 is 11.9 Å². The zero-order valence-corrected chi connectivity index (χ0v) is 8.57. The van der Waals surface area contributed by atoms with Crippen LogP contribution in [0.3, 0.4) is 0 Å². The normalized spacial score (nSPS) is 12.2. The summed E-state index contributed by atoms with van der Waals surface area (Å²) in [5, 5.41) is 14.8. The van der Waals surface area contributed by atoms with Gasteiger partial charge in [0, 0.05) is 25.4 Å². The molecule has 0 bridgehead atoms. The van der Waals surface area contributed by atoms with Crippen molar-refractivity contribution in [1.29, 1.82) is 0 Å². The first-order valence-electron chi connectivity index (χ1n) is 3.10. The maximum Gasteiger partial charge on any atom is 0.300 e. The first-order chi connectivity index (χ1) is 5.46. The predicted octanol–water partition coefficient (Wildman–Crippen LogP) is 1.56. The van der Waals surface area contributed by atoms with Gasteiger partial charge in [-0.25, -0.2) is 0 Å². The third-order valence-electron chi connectivity index (χ3n) is 0.333. The van der Waals surface area contributed by atoms with E-state index in [9.17, 15) is 0 Å². The first kappa shape index (κ1) is 14.2. The summed E-state index contributed by atoms with van der Waals surface area (Å²) in [6.07, 6.45) is 0. The number of hydrogen-bond donors (Lipinski definition) is 2. The maximum atomic E-state index is 9.00. The van der Waals surface area contributed by atoms with Gasteiger partial charge in [-0.3, -0.25) is 9.59 Å². The Kier molecular flexibility index (Phi) is 12.6. The second kappa shape index (κ2) is 10.6. The van der Waals surface area contributed by atoms with Crippen LogP contribution in [-0.4, -0.2) is 33.7 Å². The van der Waals surface area contributed by atoms with Crippen molar-refractivity contribution in [1.82, 2.24) is 0 Å². The Morgan fingerprint density at radius 2 is 1.08 bits per heavy atom. The highest BCUT2D eigenvalue weighted by molar-refractivity contribution is 8.79. The molecule has 0 aromatic rings. The summed E-state index contributed by atoms with van der Waals surface area (Å²) < 4.78 is 0. The van der Waals surface area contributed by atoms with E-state index in [1.165, 1.54) is 11.5 Å². The summed E-state index contributed by atoms with van der Waals surface area (Å²) in [6, 6.07) is 0. The summed E-state index contributed by atoms with van der Waals surface area (Å²) in [5.41, 5.74) is 0. The molecule has 0 aliphatic carbocycles. The third-order valence-corrected chi connectivity index (χ3v) is 3.00. The van der Waals surface area contributed by atoms with Crippen molar-refractivity contribution >= 4 is 33.5 Å². The number of rotatable bonds is 0. The fourth-order valence-electron chi connectivity index (χ4n) is 0.0833. The van der Waals surface area contributed by atoms with Crippen molar-refractivity contribution < 1.29 is 19.8 Å². The molecule has 1 rings (SSSR count). The first-order valence-corrected chi connectivity index (χ1v) is 5.59. The molecule has 0 atom stereocenters. The summed E-state index contributed by atoms with van der Waals surface area (Å²) in [7, 11) is 3.91. The van der Waals surface area contributed by atoms with E-state index >= 15 is 0 Å². The molecule has 1 saturated heterocycles. The zero-order valence-electron chi connectivity index (χ0n) is 6.94. The van der Waals surface area contributed by atoms with Crippen molar-refractivity contribution in [3.8, 4) is 0 Å². The summed E-state index contributed by atoms with van der Waals surface area (Å²) >= 11 is 0.